The van der Waals surface area contributed by atoms with Gasteiger partial charge < -0.3 is 10.1 Å². The fourth-order valence-electron chi connectivity index (χ4n) is 2.13. The first-order chi connectivity index (χ1) is 10.1. The lowest BCUT2D eigenvalue weighted by molar-refractivity contribution is 0.0527. The van der Waals surface area contributed by atoms with E-state index in [4.69, 9.17) is 4.74 Å². The quantitative estimate of drug-likeness (QED) is 0.718. The van der Waals surface area contributed by atoms with Gasteiger partial charge in [-0.2, -0.15) is 0 Å². The molecule has 0 saturated heterocycles. The Kier molecular flexibility index (Phi) is 7.42. The van der Waals surface area contributed by atoms with E-state index < -0.39 is 0 Å². The van der Waals surface area contributed by atoms with Gasteiger partial charge in [0.1, 0.15) is 0 Å². The molecule has 2 aromatic rings. The number of para-hydroxylation sites is 1. The first-order valence-corrected chi connectivity index (χ1v) is 7.70. The zero-order valence-corrected chi connectivity index (χ0v) is 14.9. The van der Waals surface area contributed by atoms with Gasteiger partial charge in [-0.3, -0.25) is 0 Å². The summed E-state index contributed by atoms with van der Waals surface area (Å²) in [6.07, 6.45) is 0. The highest BCUT2D eigenvalue weighted by atomic mass is 79.9. The van der Waals surface area contributed by atoms with E-state index in [1.807, 2.05) is 36.4 Å². The van der Waals surface area contributed by atoms with Gasteiger partial charge in [-0.25, -0.2) is 4.79 Å². The second kappa shape index (κ2) is 8.81. The van der Waals surface area contributed by atoms with Crippen LogP contribution in [0, 0.1) is 0 Å². The van der Waals surface area contributed by atoms with Crippen molar-refractivity contribution in [1.82, 2.24) is 0 Å². The van der Waals surface area contributed by atoms with Crippen molar-refractivity contribution in [3.05, 3.63) is 64.1 Å². The molecule has 0 aliphatic heterocycles. The summed E-state index contributed by atoms with van der Waals surface area (Å²) in [6, 6.07) is 15.5. The normalized spacial score (nSPS) is 11.2. The second-order valence-electron chi connectivity index (χ2n) is 4.65. The van der Waals surface area contributed by atoms with Crippen LogP contribution < -0.4 is 5.32 Å². The molecule has 0 spiro atoms. The standard InChI is InChI=1S/C17H18BrNO2.ClH/c1-3-21-17(20)14-9-5-7-11-16(14)19-12(2)13-8-4-6-10-15(13)18;/h4-12,19H,3H2,1-2H3;1H/t12-;/m0./s1. The Morgan fingerprint density at radius 1 is 1.18 bits per heavy atom. The highest BCUT2D eigenvalue weighted by Gasteiger charge is 2.15. The molecule has 2 aromatic carbocycles. The number of hydrogen-bond acceptors (Lipinski definition) is 3. The van der Waals surface area contributed by atoms with Crippen molar-refractivity contribution in [3.8, 4) is 0 Å². The van der Waals surface area contributed by atoms with Crippen LogP contribution in [0.2, 0.25) is 0 Å². The molecule has 5 heteroatoms. The van der Waals surface area contributed by atoms with E-state index in [1.165, 1.54) is 0 Å². The molecule has 0 aliphatic rings. The van der Waals surface area contributed by atoms with E-state index in [0.29, 0.717) is 12.2 Å². The van der Waals surface area contributed by atoms with E-state index in [1.54, 1.807) is 13.0 Å². The highest BCUT2D eigenvalue weighted by molar-refractivity contribution is 9.10. The van der Waals surface area contributed by atoms with Crippen molar-refractivity contribution in [3.63, 3.8) is 0 Å². The van der Waals surface area contributed by atoms with Crippen LogP contribution in [0.3, 0.4) is 0 Å². The lowest BCUT2D eigenvalue weighted by atomic mass is 10.1. The first kappa shape index (κ1) is 18.5. The molecule has 118 valence electrons. The van der Waals surface area contributed by atoms with Crippen LogP contribution in [0.1, 0.15) is 35.8 Å². The summed E-state index contributed by atoms with van der Waals surface area (Å²) in [5.74, 6) is -0.306. The molecule has 0 bridgehead atoms. The number of anilines is 1. The SMILES string of the molecule is CCOC(=O)c1ccccc1N[C@@H](C)c1ccccc1Br.Cl. The van der Waals surface area contributed by atoms with Crippen LogP contribution in [0.5, 0.6) is 0 Å². The first-order valence-electron chi connectivity index (χ1n) is 6.90. The number of benzene rings is 2. The fourth-order valence-corrected chi connectivity index (χ4v) is 2.76. The third-order valence-electron chi connectivity index (χ3n) is 3.17. The molecule has 2 rings (SSSR count). The average Bonchev–Trinajstić information content (AvgIpc) is 2.48. The van der Waals surface area contributed by atoms with E-state index in [-0.39, 0.29) is 24.4 Å². The molecular weight excluding hydrogens is 366 g/mol. The summed E-state index contributed by atoms with van der Waals surface area (Å²) in [7, 11) is 0. The number of carbonyl (C=O) groups excluding carboxylic acids is 1. The molecule has 0 amide bonds. The molecule has 0 aliphatic carbocycles. The summed E-state index contributed by atoms with van der Waals surface area (Å²) >= 11 is 3.55. The minimum atomic E-state index is -0.306. The third kappa shape index (κ3) is 4.49. The zero-order chi connectivity index (χ0) is 15.2. The predicted octanol–water partition coefficient (Wildman–Crippen LogP) is 5.22. The van der Waals surface area contributed by atoms with Gasteiger partial charge in [0, 0.05) is 16.2 Å². The molecule has 1 atom stereocenters. The molecule has 1 N–H and O–H groups in total. The van der Waals surface area contributed by atoms with Crippen molar-refractivity contribution >= 4 is 40.0 Å². The van der Waals surface area contributed by atoms with Gasteiger partial charge in [-0.1, -0.05) is 46.3 Å². The fraction of sp³-hybridized carbons (Fsp3) is 0.235. The Hall–Kier alpha value is -1.52. The average molecular weight is 385 g/mol. The Morgan fingerprint density at radius 3 is 2.50 bits per heavy atom. The van der Waals surface area contributed by atoms with Crippen LogP contribution in [-0.4, -0.2) is 12.6 Å². The lowest BCUT2D eigenvalue weighted by Gasteiger charge is -2.19. The molecule has 0 radical (unpaired) electrons. The van der Waals surface area contributed by atoms with E-state index in [9.17, 15) is 4.79 Å². The summed E-state index contributed by atoms with van der Waals surface area (Å²) in [5.41, 5.74) is 2.47. The van der Waals surface area contributed by atoms with E-state index in [2.05, 4.69) is 34.2 Å². The van der Waals surface area contributed by atoms with Crippen LogP contribution >= 0.6 is 28.3 Å². The maximum atomic E-state index is 12.0. The highest BCUT2D eigenvalue weighted by Crippen LogP contribution is 2.27. The summed E-state index contributed by atoms with van der Waals surface area (Å²) in [6.45, 7) is 4.23. The maximum Gasteiger partial charge on any atom is 0.340 e. The Bertz CT molecular complexity index is 634. The van der Waals surface area contributed by atoms with Gasteiger partial charge in [0.25, 0.3) is 0 Å². The second-order valence-corrected chi connectivity index (χ2v) is 5.51. The van der Waals surface area contributed by atoms with Gasteiger partial charge in [0.05, 0.1) is 12.2 Å². The number of esters is 1. The largest absolute Gasteiger partial charge is 0.462 e. The topological polar surface area (TPSA) is 38.3 Å². The number of ether oxygens (including phenoxy) is 1. The minimum absolute atomic E-state index is 0. The molecule has 0 heterocycles. The molecule has 22 heavy (non-hydrogen) atoms. The molecule has 3 nitrogen and oxygen atoms in total. The van der Waals surface area contributed by atoms with Gasteiger partial charge in [-0.15, -0.1) is 12.4 Å². The third-order valence-corrected chi connectivity index (χ3v) is 3.89. The van der Waals surface area contributed by atoms with Crippen molar-refractivity contribution in [2.75, 3.05) is 11.9 Å². The van der Waals surface area contributed by atoms with Crippen LogP contribution in [0.15, 0.2) is 53.0 Å². The Balaban J connectivity index is 0.00000242. The Labute approximate surface area is 145 Å². The molecular formula is C17H19BrClNO2. The van der Waals surface area contributed by atoms with Crippen LogP contribution in [0.25, 0.3) is 0 Å². The zero-order valence-electron chi connectivity index (χ0n) is 12.5. The van der Waals surface area contributed by atoms with Crippen LogP contribution in [-0.2, 0) is 4.74 Å². The number of carbonyl (C=O) groups is 1. The Morgan fingerprint density at radius 2 is 1.82 bits per heavy atom. The summed E-state index contributed by atoms with van der Waals surface area (Å²) in [5, 5.41) is 3.38. The molecule has 0 unspecified atom stereocenters. The monoisotopic (exact) mass is 383 g/mol. The number of halogens is 2. The molecule has 0 fully saturated rings. The van der Waals surface area contributed by atoms with Crippen molar-refractivity contribution in [1.29, 1.82) is 0 Å². The number of nitrogens with one attached hydrogen (secondary N) is 1. The maximum absolute atomic E-state index is 12.0. The van der Waals surface area contributed by atoms with Gasteiger partial charge in [0.15, 0.2) is 0 Å². The number of rotatable bonds is 5. The predicted molar refractivity (Wildman–Crippen MR) is 95.8 cm³/mol. The summed E-state index contributed by atoms with van der Waals surface area (Å²) in [4.78, 5) is 12.0. The smallest absolute Gasteiger partial charge is 0.340 e. The van der Waals surface area contributed by atoms with Crippen molar-refractivity contribution in [2.24, 2.45) is 0 Å². The summed E-state index contributed by atoms with van der Waals surface area (Å²) < 4.78 is 6.13. The van der Waals surface area contributed by atoms with E-state index in [0.717, 1.165) is 15.7 Å². The minimum Gasteiger partial charge on any atom is -0.462 e. The molecule has 0 aromatic heterocycles. The number of hydrogen-bond donors (Lipinski definition) is 1. The van der Waals surface area contributed by atoms with Gasteiger partial charge >= 0.3 is 5.97 Å². The van der Waals surface area contributed by atoms with Crippen LogP contribution in [0.4, 0.5) is 5.69 Å². The van der Waals surface area contributed by atoms with E-state index >= 15 is 0 Å². The lowest BCUT2D eigenvalue weighted by Crippen LogP contribution is -2.12. The van der Waals surface area contributed by atoms with Gasteiger partial charge in [-0.05, 0) is 37.6 Å². The van der Waals surface area contributed by atoms with Crippen molar-refractivity contribution < 1.29 is 9.53 Å². The van der Waals surface area contributed by atoms with Crippen molar-refractivity contribution in [2.45, 2.75) is 19.9 Å². The molecule has 0 saturated carbocycles. The van der Waals surface area contributed by atoms with Gasteiger partial charge in [0.2, 0.25) is 0 Å².